The maximum atomic E-state index is 11.8. The van der Waals surface area contributed by atoms with E-state index in [0.29, 0.717) is 31.2 Å². The number of nitrogens with one attached hydrogen (secondary N) is 1. The van der Waals surface area contributed by atoms with Crippen molar-refractivity contribution in [3.63, 3.8) is 0 Å². The maximum absolute atomic E-state index is 11.8. The summed E-state index contributed by atoms with van der Waals surface area (Å²) in [4.78, 5) is 23.0. The van der Waals surface area contributed by atoms with Crippen LogP contribution in [-0.4, -0.2) is 18.5 Å². The number of benzene rings is 1. The molecule has 1 aliphatic rings. The van der Waals surface area contributed by atoms with Gasteiger partial charge >= 0.3 is 5.97 Å². The summed E-state index contributed by atoms with van der Waals surface area (Å²) in [6, 6.07) is 7.10. The van der Waals surface area contributed by atoms with Gasteiger partial charge in [-0.1, -0.05) is 0 Å². The highest BCUT2D eigenvalue weighted by Gasteiger charge is 2.17. The topological polar surface area (TPSA) is 79.2 Å². The molecule has 0 fully saturated rings. The molecular formula is C14H14N2O3. The first-order chi connectivity index (χ1) is 9.20. The molecule has 19 heavy (non-hydrogen) atoms. The molecule has 0 unspecified atom stereocenters. The van der Waals surface area contributed by atoms with Crippen molar-refractivity contribution in [2.75, 3.05) is 11.9 Å². The highest BCUT2D eigenvalue weighted by Crippen LogP contribution is 2.23. The number of amides is 1. The molecule has 1 N–H and O–H groups in total. The van der Waals surface area contributed by atoms with Crippen LogP contribution in [0.2, 0.25) is 0 Å². The van der Waals surface area contributed by atoms with Gasteiger partial charge in [0.05, 0.1) is 18.2 Å². The fraction of sp³-hybridized carbons (Fsp3) is 0.357. The average molecular weight is 258 g/mol. The first-order valence-electron chi connectivity index (χ1n) is 6.17. The van der Waals surface area contributed by atoms with Crippen LogP contribution in [0.4, 0.5) is 5.69 Å². The Morgan fingerprint density at radius 1 is 1.42 bits per heavy atom. The van der Waals surface area contributed by atoms with E-state index in [0.717, 1.165) is 11.3 Å². The van der Waals surface area contributed by atoms with Crippen molar-refractivity contribution < 1.29 is 14.3 Å². The Bertz CT molecular complexity index is 546. The summed E-state index contributed by atoms with van der Waals surface area (Å²) in [5, 5.41) is 11.1. The molecule has 0 saturated carbocycles. The third-order valence-corrected chi connectivity index (χ3v) is 2.90. The summed E-state index contributed by atoms with van der Waals surface area (Å²) in [5.41, 5.74) is 2.19. The molecule has 0 saturated heterocycles. The molecule has 1 aromatic rings. The third kappa shape index (κ3) is 3.32. The zero-order chi connectivity index (χ0) is 13.7. The Kier molecular flexibility index (Phi) is 4.14. The zero-order valence-corrected chi connectivity index (χ0v) is 10.4. The standard InChI is InChI=1S/C14H14N2O3/c15-7-1-2-8-19-14(18)11-3-5-12-10(9-11)4-6-13(17)16-12/h3,5,9H,1-2,4,6,8H2,(H,16,17). The van der Waals surface area contributed by atoms with Crippen molar-refractivity contribution >= 4 is 17.6 Å². The Labute approximate surface area is 111 Å². The minimum atomic E-state index is -0.391. The van der Waals surface area contributed by atoms with Crippen molar-refractivity contribution in [3.05, 3.63) is 29.3 Å². The number of hydrogen-bond acceptors (Lipinski definition) is 4. The Balaban J connectivity index is 2.00. The fourth-order valence-electron chi connectivity index (χ4n) is 1.91. The normalized spacial score (nSPS) is 13.1. The molecule has 98 valence electrons. The van der Waals surface area contributed by atoms with Crippen LogP contribution in [0.3, 0.4) is 0 Å². The Morgan fingerprint density at radius 2 is 2.26 bits per heavy atom. The molecule has 5 nitrogen and oxygen atoms in total. The third-order valence-electron chi connectivity index (χ3n) is 2.90. The molecule has 1 amide bonds. The van der Waals surface area contributed by atoms with Crippen molar-refractivity contribution in [2.24, 2.45) is 0 Å². The number of esters is 1. The summed E-state index contributed by atoms with van der Waals surface area (Å²) < 4.78 is 5.06. The number of unbranched alkanes of at least 4 members (excludes halogenated alkanes) is 1. The van der Waals surface area contributed by atoms with Gasteiger partial charge in [-0.25, -0.2) is 4.79 Å². The van der Waals surface area contributed by atoms with Crippen molar-refractivity contribution in [2.45, 2.75) is 25.7 Å². The Hall–Kier alpha value is -2.35. The highest BCUT2D eigenvalue weighted by molar-refractivity contribution is 5.96. The van der Waals surface area contributed by atoms with Crippen molar-refractivity contribution in [3.8, 4) is 6.07 Å². The van der Waals surface area contributed by atoms with E-state index >= 15 is 0 Å². The molecule has 1 heterocycles. The number of fused-ring (bicyclic) bond motifs is 1. The number of nitrogens with zero attached hydrogens (tertiary/aromatic N) is 1. The van der Waals surface area contributed by atoms with E-state index in [4.69, 9.17) is 10.00 Å². The summed E-state index contributed by atoms with van der Waals surface area (Å²) in [5.74, 6) is -0.392. The molecule has 0 radical (unpaired) electrons. The predicted octanol–water partition coefficient (Wildman–Crippen LogP) is 2.03. The second-order valence-electron chi connectivity index (χ2n) is 4.32. The van der Waals surface area contributed by atoms with Crippen LogP contribution < -0.4 is 5.32 Å². The van der Waals surface area contributed by atoms with E-state index in [9.17, 15) is 9.59 Å². The summed E-state index contributed by atoms with van der Waals surface area (Å²) in [6.45, 7) is 0.250. The van der Waals surface area contributed by atoms with Gasteiger partial charge in [0.1, 0.15) is 0 Å². The lowest BCUT2D eigenvalue weighted by Crippen LogP contribution is -2.19. The summed E-state index contributed by atoms with van der Waals surface area (Å²) in [6.07, 6.45) is 2.00. The maximum Gasteiger partial charge on any atom is 0.338 e. The van der Waals surface area contributed by atoms with E-state index < -0.39 is 5.97 Å². The van der Waals surface area contributed by atoms with Crippen molar-refractivity contribution in [1.29, 1.82) is 5.26 Å². The highest BCUT2D eigenvalue weighted by atomic mass is 16.5. The van der Waals surface area contributed by atoms with Gasteiger partial charge in [0, 0.05) is 18.5 Å². The number of anilines is 1. The summed E-state index contributed by atoms with van der Waals surface area (Å²) in [7, 11) is 0. The quantitative estimate of drug-likeness (QED) is 0.662. The fourth-order valence-corrected chi connectivity index (χ4v) is 1.91. The molecule has 1 aliphatic heterocycles. The Morgan fingerprint density at radius 3 is 3.05 bits per heavy atom. The van der Waals surface area contributed by atoms with Crippen LogP contribution in [-0.2, 0) is 16.0 Å². The lowest BCUT2D eigenvalue weighted by molar-refractivity contribution is -0.116. The largest absolute Gasteiger partial charge is 0.462 e. The van der Waals surface area contributed by atoms with Gasteiger partial charge in [-0.2, -0.15) is 5.26 Å². The number of ether oxygens (including phenoxy) is 1. The van der Waals surface area contributed by atoms with Gasteiger partial charge in [-0.15, -0.1) is 0 Å². The number of aryl methyl sites for hydroxylation is 1. The number of carbonyl (C=O) groups excluding carboxylic acids is 2. The SMILES string of the molecule is N#CCCCOC(=O)c1ccc2c(c1)CCC(=O)N2. The number of nitriles is 1. The van der Waals surface area contributed by atoms with Gasteiger partial charge in [0.15, 0.2) is 0 Å². The molecular weight excluding hydrogens is 244 g/mol. The predicted molar refractivity (Wildman–Crippen MR) is 68.5 cm³/mol. The molecule has 1 aromatic carbocycles. The monoisotopic (exact) mass is 258 g/mol. The van der Waals surface area contributed by atoms with Gasteiger partial charge in [-0.3, -0.25) is 4.79 Å². The first kappa shape index (κ1) is 13.1. The second-order valence-corrected chi connectivity index (χ2v) is 4.32. The van der Waals surface area contributed by atoms with E-state index in [1.807, 2.05) is 6.07 Å². The van der Waals surface area contributed by atoms with Crippen LogP contribution >= 0.6 is 0 Å². The zero-order valence-electron chi connectivity index (χ0n) is 10.4. The van der Waals surface area contributed by atoms with E-state index in [-0.39, 0.29) is 12.5 Å². The minimum Gasteiger partial charge on any atom is -0.462 e. The van der Waals surface area contributed by atoms with Gasteiger partial charge in [0.25, 0.3) is 0 Å². The van der Waals surface area contributed by atoms with Gasteiger partial charge < -0.3 is 10.1 Å². The molecule has 2 rings (SSSR count). The minimum absolute atomic E-state index is 0.000620. The lowest BCUT2D eigenvalue weighted by atomic mass is 10.0. The van der Waals surface area contributed by atoms with Crippen LogP contribution in [0.15, 0.2) is 18.2 Å². The molecule has 0 aliphatic carbocycles. The summed E-state index contributed by atoms with van der Waals surface area (Å²) >= 11 is 0. The smallest absolute Gasteiger partial charge is 0.338 e. The molecule has 0 bridgehead atoms. The van der Waals surface area contributed by atoms with E-state index in [1.165, 1.54) is 0 Å². The lowest BCUT2D eigenvalue weighted by Gasteiger charge is -2.17. The molecule has 0 atom stereocenters. The number of carbonyl (C=O) groups is 2. The van der Waals surface area contributed by atoms with Crippen LogP contribution in [0.25, 0.3) is 0 Å². The first-order valence-corrected chi connectivity index (χ1v) is 6.17. The van der Waals surface area contributed by atoms with Crippen LogP contribution in [0.1, 0.15) is 35.2 Å². The molecule has 5 heteroatoms. The van der Waals surface area contributed by atoms with E-state index in [1.54, 1.807) is 18.2 Å². The van der Waals surface area contributed by atoms with Crippen LogP contribution in [0, 0.1) is 11.3 Å². The van der Waals surface area contributed by atoms with E-state index in [2.05, 4.69) is 5.32 Å². The average Bonchev–Trinajstić information content (AvgIpc) is 2.42. The second kappa shape index (κ2) is 6.01. The van der Waals surface area contributed by atoms with Gasteiger partial charge in [-0.05, 0) is 36.6 Å². The van der Waals surface area contributed by atoms with Crippen molar-refractivity contribution in [1.82, 2.24) is 0 Å². The molecule has 0 spiro atoms. The number of rotatable bonds is 4. The molecule has 0 aromatic heterocycles. The van der Waals surface area contributed by atoms with Gasteiger partial charge in [0.2, 0.25) is 5.91 Å². The van der Waals surface area contributed by atoms with Crippen LogP contribution in [0.5, 0.6) is 0 Å². The number of hydrogen-bond donors (Lipinski definition) is 1.